The normalized spacial score (nSPS) is 17.5. The van der Waals surface area contributed by atoms with E-state index in [4.69, 9.17) is 4.74 Å². The van der Waals surface area contributed by atoms with Crippen molar-refractivity contribution in [2.24, 2.45) is 14.1 Å². The Labute approximate surface area is 244 Å². The van der Waals surface area contributed by atoms with Crippen LogP contribution in [-0.2, 0) is 18.8 Å². The van der Waals surface area contributed by atoms with Crippen molar-refractivity contribution >= 4 is 39.3 Å². The van der Waals surface area contributed by atoms with Gasteiger partial charge < -0.3 is 23.7 Å². The third-order valence-electron chi connectivity index (χ3n) is 9.41. The smallest absolute Gasteiger partial charge is 0.410 e. The van der Waals surface area contributed by atoms with E-state index in [1.807, 2.05) is 25.7 Å². The molecule has 1 aliphatic heterocycles. The van der Waals surface area contributed by atoms with Gasteiger partial charge in [0.2, 0.25) is 0 Å². The highest BCUT2D eigenvalue weighted by atomic mass is 16.6. The highest BCUT2D eigenvalue weighted by Crippen LogP contribution is 2.40. The van der Waals surface area contributed by atoms with Gasteiger partial charge in [0, 0.05) is 74.3 Å². The first-order valence-corrected chi connectivity index (χ1v) is 15.5. The van der Waals surface area contributed by atoms with Crippen molar-refractivity contribution in [2.75, 3.05) is 25.0 Å². The molecule has 1 saturated carbocycles. The number of rotatable bonds is 4. The van der Waals surface area contributed by atoms with E-state index < -0.39 is 5.60 Å². The van der Waals surface area contributed by atoms with Crippen LogP contribution in [0, 0.1) is 0 Å². The maximum atomic E-state index is 12.6. The van der Waals surface area contributed by atoms with Gasteiger partial charge in [-0.05, 0) is 99.7 Å². The second-order valence-electron chi connectivity index (χ2n) is 13.4. The number of hydrogen-bond acceptors (Lipinski definition) is 3. The van der Waals surface area contributed by atoms with Crippen molar-refractivity contribution in [2.45, 2.75) is 83.2 Å². The fourth-order valence-electron chi connectivity index (χ4n) is 7.14. The van der Waals surface area contributed by atoms with E-state index in [0.29, 0.717) is 11.8 Å². The lowest BCUT2D eigenvalue weighted by molar-refractivity contribution is 0.0205. The van der Waals surface area contributed by atoms with Crippen LogP contribution in [-0.4, -0.2) is 45.9 Å². The molecule has 6 heteroatoms. The number of aromatic nitrogens is 2. The van der Waals surface area contributed by atoms with Gasteiger partial charge in [-0.2, -0.15) is 0 Å². The molecule has 0 bridgehead atoms. The number of fused-ring (bicyclic) bond motifs is 2. The largest absolute Gasteiger partial charge is 0.444 e. The second-order valence-corrected chi connectivity index (χ2v) is 13.4. The van der Waals surface area contributed by atoms with E-state index in [1.54, 1.807) is 0 Å². The number of hydrogen-bond donors (Lipinski definition) is 0. The molecule has 6 rings (SSSR count). The summed E-state index contributed by atoms with van der Waals surface area (Å²) in [6.07, 6.45) is 13.1. The van der Waals surface area contributed by atoms with Gasteiger partial charge in [0.25, 0.3) is 0 Å². The van der Waals surface area contributed by atoms with Gasteiger partial charge in [-0.3, -0.25) is 0 Å². The highest BCUT2D eigenvalue weighted by molar-refractivity contribution is 5.91. The lowest BCUT2D eigenvalue weighted by Crippen LogP contribution is -2.41. The summed E-state index contributed by atoms with van der Waals surface area (Å²) >= 11 is 0. The third-order valence-corrected chi connectivity index (χ3v) is 9.41. The molecule has 1 amide bonds. The van der Waals surface area contributed by atoms with Gasteiger partial charge in [-0.15, -0.1) is 0 Å². The number of benzene rings is 2. The van der Waals surface area contributed by atoms with Crippen LogP contribution in [0.25, 0.3) is 21.8 Å². The standard InChI is InChI=1S/C35H46N4O2/c1-35(2,3)41-34(40)39-18-16-25(17-19-39)31-23-36(4)32-15-13-26(20-29(31)32)38(6)27-12-14-28-30(22-37(5)33(28)21-27)24-10-8-7-9-11-24/h12-15,20-25H,7-11,16-19H2,1-6H3. The van der Waals surface area contributed by atoms with Gasteiger partial charge in [0.1, 0.15) is 5.60 Å². The summed E-state index contributed by atoms with van der Waals surface area (Å²) in [6, 6.07) is 13.8. The van der Waals surface area contributed by atoms with Crippen molar-refractivity contribution in [1.29, 1.82) is 0 Å². The zero-order valence-electron chi connectivity index (χ0n) is 25.7. The molecule has 4 aromatic rings. The number of ether oxygens (including phenoxy) is 1. The van der Waals surface area contributed by atoms with Crippen LogP contribution in [0.4, 0.5) is 16.2 Å². The summed E-state index contributed by atoms with van der Waals surface area (Å²) in [5, 5.41) is 2.72. The Kier molecular flexibility index (Phi) is 7.29. The molecule has 2 fully saturated rings. The van der Waals surface area contributed by atoms with Gasteiger partial charge >= 0.3 is 6.09 Å². The van der Waals surface area contributed by atoms with E-state index in [0.717, 1.165) is 25.9 Å². The third kappa shape index (κ3) is 5.45. The average molecular weight is 555 g/mol. The van der Waals surface area contributed by atoms with Crippen LogP contribution >= 0.6 is 0 Å². The molecule has 1 aliphatic carbocycles. The molecule has 218 valence electrons. The maximum Gasteiger partial charge on any atom is 0.410 e. The minimum atomic E-state index is -0.464. The fourth-order valence-corrected chi connectivity index (χ4v) is 7.14. The molecule has 1 saturated heterocycles. The molecule has 41 heavy (non-hydrogen) atoms. The molecule has 3 heterocycles. The van der Waals surface area contributed by atoms with Crippen molar-refractivity contribution in [3.8, 4) is 0 Å². The number of aryl methyl sites for hydroxylation is 2. The first-order chi connectivity index (χ1) is 19.6. The van der Waals surface area contributed by atoms with Gasteiger partial charge in [-0.25, -0.2) is 4.79 Å². The Bertz CT molecular complexity index is 1560. The number of anilines is 2. The molecule has 6 nitrogen and oxygen atoms in total. The van der Waals surface area contributed by atoms with Crippen LogP contribution in [0.5, 0.6) is 0 Å². The summed E-state index contributed by atoms with van der Waals surface area (Å²) in [5.74, 6) is 1.13. The van der Waals surface area contributed by atoms with E-state index in [-0.39, 0.29) is 6.09 Å². The quantitative estimate of drug-likeness (QED) is 0.254. The summed E-state index contributed by atoms with van der Waals surface area (Å²) in [6.45, 7) is 7.24. The first-order valence-electron chi connectivity index (χ1n) is 15.5. The Morgan fingerprint density at radius 1 is 0.780 bits per heavy atom. The SMILES string of the molecule is CN(c1ccc2c(c1)c(C1CCN(C(=O)OC(C)(C)C)CC1)cn2C)c1ccc2c(C3CCCCC3)cn(C)c2c1. The predicted molar refractivity (Wildman–Crippen MR) is 170 cm³/mol. The predicted octanol–water partition coefficient (Wildman–Crippen LogP) is 8.60. The highest BCUT2D eigenvalue weighted by Gasteiger charge is 2.29. The Balaban J connectivity index is 1.24. The minimum absolute atomic E-state index is 0.196. The molecule has 0 atom stereocenters. The summed E-state index contributed by atoms with van der Waals surface area (Å²) in [7, 11) is 6.50. The van der Waals surface area contributed by atoms with Crippen LogP contribution in [0.1, 0.15) is 88.7 Å². The lowest BCUT2D eigenvalue weighted by Gasteiger charge is -2.33. The lowest BCUT2D eigenvalue weighted by atomic mass is 9.84. The summed E-state index contributed by atoms with van der Waals surface area (Å²) in [4.78, 5) is 16.8. The molecular formula is C35H46N4O2. The molecule has 0 spiro atoms. The Morgan fingerprint density at radius 3 is 2.05 bits per heavy atom. The van der Waals surface area contributed by atoms with Crippen LogP contribution < -0.4 is 4.90 Å². The van der Waals surface area contributed by atoms with Crippen LogP contribution in [0.15, 0.2) is 48.8 Å². The monoisotopic (exact) mass is 554 g/mol. The molecule has 0 unspecified atom stereocenters. The van der Waals surface area contributed by atoms with Crippen molar-refractivity contribution in [3.63, 3.8) is 0 Å². The topological polar surface area (TPSA) is 42.6 Å². The maximum absolute atomic E-state index is 12.6. The number of nitrogens with zero attached hydrogens (tertiary/aromatic N) is 4. The molecule has 0 N–H and O–H groups in total. The van der Waals surface area contributed by atoms with Crippen LogP contribution in [0.2, 0.25) is 0 Å². The summed E-state index contributed by atoms with van der Waals surface area (Å²) < 4.78 is 10.2. The molecular weight excluding hydrogens is 508 g/mol. The van der Waals surface area contributed by atoms with E-state index in [1.165, 1.54) is 76.4 Å². The second kappa shape index (κ2) is 10.8. The van der Waals surface area contributed by atoms with Crippen molar-refractivity contribution in [1.82, 2.24) is 14.0 Å². The van der Waals surface area contributed by atoms with E-state index in [9.17, 15) is 4.79 Å². The minimum Gasteiger partial charge on any atom is -0.444 e. The zero-order chi connectivity index (χ0) is 28.9. The Hall–Kier alpha value is -3.41. The van der Waals surface area contributed by atoms with Gasteiger partial charge in [-0.1, -0.05) is 25.3 Å². The first kappa shape index (κ1) is 27.7. The molecule has 2 aromatic carbocycles. The van der Waals surface area contributed by atoms with E-state index in [2.05, 4.69) is 84.0 Å². The van der Waals surface area contributed by atoms with Gasteiger partial charge in [0.15, 0.2) is 0 Å². The van der Waals surface area contributed by atoms with E-state index >= 15 is 0 Å². The molecule has 0 radical (unpaired) electrons. The number of likely N-dealkylation sites (tertiary alicyclic amines) is 1. The van der Waals surface area contributed by atoms with Crippen molar-refractivity contribution in [3.05, 3.63) is 59.9 Å². The average Bonchev–Trinajstić information content (AvgIpc) is 3.48. The number of amides is 1. The zero-order valence-corrected chi connectivity index (χ0v) is 25.7. The molecule has 2 aliphatic rings. The number of piperidine rings is 1. The summed E-state index contributed by atoms with van der Waals surface area (Å²) in [5.41, 5.74) is 7.42. The number of carbonyl (C=O) groups is 1. The fraction of sp³-hybridized carbons (Fsp3) is 0.514. The Morgan fingerprint density at radius 2 is 1.37 bits per heavy atom. The molecule has 2 aromatic heterocycles. The van der Waals surface area contributed by atoms with Gasteiger partial charge in [0.05, 0.1) is 5.52 Å². The van der Waals surface area contributed by atoms with Crippen molar-refractivity contribution < 1.29 is 9.53 Å². The van der Waals surface area contributed by atoms with Crippen LogP contribution in [0.3, 0.4) is 0 Å². The number of carbonyl (C=O) groups excluding carboxylic acids is 1.